The van der Waals surface area contributed by atoms with E-state index < -0.39 is 0 Å². The molecule has 0 saturated carbocycles. The molecule has 0 spiro atoms. The summed E-state index contributed by atoms with van der Waals surface area (Å²) in [6.45, 7) is 3.43. The summed E-state index contributed by atoms with van der Waals surface area (Å²) in [7, 11) is 1.58. The Morgan fingerprint density at radius 1 is 1.47 bits per heavy atom. The number of carbonyl (C=O) groups is 1. The number of rotatable bonds is 2. The number of ether oxygens (including phenoxy) is 1. The van der Waals surface area contributed by atoms with Gasteiger partial charge in [-0.3, -0.25) is 9.89 Å². The lowest BCUT2D eigenvalue weighted by Gasteiger charge is -2.03. The molecule has 0 saturated heterocycles. The molecule has 1 aromatic heterocycles. The van der Waals surface area contributed by atoms with Crippen molar-refractivity contribution in [1.82, 2.24) is 10.2 Å². The fourth-order valence-corrected chi connectivity index (χ4v) is 1.58. The standard InChI is InChI=1S/C11H12N2O2/c1-6-9-4-8(7(2)14)5-10(15-3)11(9)13-12-6/h4-5H,1-3H3,(H,12,13). The Kier molecular flexibility index (Phi) is 2.19. The second-order valence-electron chi connectivity index (χ2n) is 3.47. The van der Waals surface area contributed by atoms with Gasteiger partial charge < -0.3 is 4.74 Å². The topological polar surface area (TPSA) is 55.0 Å². The molecule has 78 valence electrons. The van der Waals surface area contributed by atoms with Crippen molar-refractivity contribution in [3.63, 3.8) is 0 Å². The summed E-state index contributed by atoms with van der Waals surface area (Å²) in [4.78, 5) is 11.3. The third-order valence-corrected chi connectivity index (χ3v) is 2.45. The largest absolute Gasteiger partial charge is 0.494 e. The van der Waals surface area contributed by atoms with Crippen molar-refractivity contribution >= 4 is 16.7 Å². The van der Waals surface area contributed by atoms with E-state index in [4.69, 9.17) is 4.74 Å². The van der Waals surface area contributed by atoms with Crippen LogP contribution in [0.1, 0.15) is 23.0 Å². The van der Waals surface area contributed by atoms with Gasteiger partial charge in [0.25, 0.3) is 0 Å². The highest BCUT2D eigenvalue weighted by Gasteiger charge is 2.11. The second kappa shape index (κ2) is 3.38. The van der Waals surface area contributed by atoms with E-state index >= 15 is 0 Å². The monoisotopic (exact) mass is 204 g/mol. The fraction of sp³-hybridized carbons (Fsp3) is 0.273. The van der Waals surface area contributed by atoms with Crippen LogP contribution in [0.15, 0.2) is 12.1 Å². The number of hydrogen-bond donors (Lipinski definition) is 1. The van der Waals surface area contributed by atoms with E-state index in [-0.39, 0.29) is 5.78 Å². The van der Waals surface area contributed by atoms with Gasteiger partial charge in [-0.15, -0.1) is 0 Å². The number of methoxy groups -OCH3 is 1. The number of aryl methyl sites for hydroxylation is 1. The Balaban J connectivity index is 2.79. The summed E-state index contributed by atoms with van der Waals surface area (Å²) in [5.74, 6) is 0.675. The van der Waals surface area contributed by atoms with E-state index in [9.17, 15) is 4.79 Å². The van der Waals surface area contributed by atoms with E-state index in [0.717, 1.165) is 16.6 Å². The van der Waals surface area contributed by atoms with Crippen molar-refractivity contribution in [1.29, 1.82) is 0 Å². The Morgan fingerprint density at radius 3 is 2.80 bits per heavy atom. The molecule has 0 aliphatic heterocycles. The van der Waals surface area contributed by atoms with Crippen LogP contribution in [-0.4, -0.2) is 23.1 Å². The van der Waals surface area contributed by atoms with Crippen LogP contribution < -0.4 is 4.74 Å². The molecule has 1 aromatic carbocycles. The van der Waals surface area contributed by atoms with Crippen molar-refractivity contribution in [3.05, 3.63) is 23.4 Å². The van der Waals surface area contributed by atoms with Crippen LogP contribution in [0.5, 0.6) is 5.75 Å². The zero-order valence-electron chi connectivity index (χ0n) is 8.92. The first-order chi connectivity index (χ1) is 7.13. The predicted molar refractivity (Wildman–Crippen MR) is 57.4 cm³/mol. The fourth-order valence-electron chi connectivity index (χ4n) is 1.58. The zero-order valence-corrected chi connectivity index (χ0v) is 8.92. The van der Waals surface area contributed by atoms with E-state index in [2.05, 4.69) is 10.2 Å². The first-order valence-corrected chi connectivity index (χ1v) is 4.67. The molecule has 1 N–H and O–H groups in total. The summed E-state index contributed by atoms with van der Waals surface area (Å²) >= 11 is 0. The molecule has 1 heterocycles. The first kappa shape index (κ1) is 9.71. The number of nitrogens with one attached hydrogen (secondary N) is 1. The molecule has 4 nitrogen and oxygen atoms in total. The van der Waals surface area contributed by atoms with Gasteiger partial charge in [0.15, 0.2) is 5.78 Å². The van der Waals surface area contributed by atoms with Gasteiger partial charge in [0, 0.05) is 10.9 Å². The minimum Gasteiger partial charge on any atom is -0.494 e. The van der Waals surface area contributed by atoms with E-state index in [0.29, 0.717) is 11.3 Å². The highest BCUT2D eigenvalue weighted by atomic mass is 16.5. The number of aromatic nitrogens is 2. The molecule has 0 unspecified atom stereocenters. The molecule has 0 atom stereocenters. The summed E-state index contributed by atoms with van der Waals surface area (Å²) in [5, 5.41) is 7.91. The Hall–Kier alpha value is -1.84. The second-order valence-corrected chi connectivity index (χ2v) is 3.47. The average molecular weight is 204 g/mol. The van der Waals surface area contributed by atoms with Gasteiger partial charge in [-0.05, 0) is 26.0 Å². The molecule has 0 aliphatic rings. The molecule has 15 heavy (non-hydrogen) atoms. The van der Waals surface area contributed by atoms with E-state index in [1.807, 2.05) is 13.0 Å². The summed E-state index contributed by atoms with van der Waals surface area (Å²) in [6, 6.07) is 3.56. The summed E-state index contributed by atoms with van der Waals surface area (Å²) in [5.41, 5.74) is 2.34. The molecule has 2 aromatic rings. The number of aromatic amines is 1. The predicted octanol–water partition coefficient (Wildman–Crippen LogP) is 2.08. The van der Waals surface area contributed by atoms with Gasteiger partial charge in [0.05, 0.1) is 12.8 Å². The molecule has 0 radical (unpaired) electrons. The van der Waals surface area contributed by atoms with Gasteiger partial charge in [-0.2, -0.15) is 5.10 Å². The van der Waals surface area contributed by atoms with Crippen LogP contribution in [-0.2, 0) is 0 Å². The minimum absolute atomic E-state index is 0.0239. The Bertz CT molecular complexity index is 529. The molecule has 4 heteroatoms. The van der Waals surface area contributed by atoms with Crippen LogP contribution in [0.25, 0.3) is 10.9 Å². The Morgan fingerprint density at radius 2 is 2.20 bits per heavy atom. The number of Topliss-reactive ketones (excluding diaryl/α,β-unsaturated/α-hetero) is 1. The molecular formula is C11H12N2O2. The minimum atomic E-state index is 0.0239. The maximum absolute atomic E-state index is 11.3. The third-order valence-electron chi connectivity index (χ3n) is 2.45. The molecule has 0 fully saturated rings. The molecule has 0 aliphatic carbocycles. The van der Waals surface area contributed by atoms with Crippen molar-refractivity contribution in [3.8, 4) is 5.75 Å². The number of hydrogen-bond acceptors (Lipinski definition) is 3. The number of carbonyl (C=O) groups excluding carboxylic acids is 1. The lowest BCUT2D eigenvalue weighted by atomic mass is 10.1. The SMILES string of the molecule is COc1cc(C(C)=O)cc2c(C)n[nH]c12. The molecular weight excluding hydrogens is 192 g/mol. The smallest absolute Gasteiger partial charge is 0.159 e. The molecule has 0 amide bonds. The lowest BCUT2D eigenvalue weighted by molar-refractivity contribution is 0.101. The van der Waals surface area contributed by atoms with Crippen LogP contribution in [0.4, 0.5) is 0 Å². The van der Waals surface area contributed by atoms with Crippen LogP contribution >= 0.6 is 0 Å². The number of fused-ring (bicyclic) bond motifs is 1. The lowest BCUT2D eigenvalue weighted by Crippen LogP contribution is -1.94. The maximum Gasteiger partial charge on any atom is 0.159 e. The van der Waals surface area contributed by atoms with Crippen molar-refractivity contribution in [2.24, 2.45) is 0 Å². The molecule has 0 bridgehead atoms. The summed E-state index contributed by atoms with van der Waals surface area (Å²) in [6.07, 6.45) is 0. The highest BCUT2D eigenvalue weighted by molar-refractivity contribution is 6.00. The number of nitrogens with zero attached hydrogens (tertiary/aromatic N) is 1. The van der Waals surface area contributed by atoms with Crippen LogP contribution in [0.2, 0.25) is 0 Å². The van der Waals surface area contributed by atoms with Crippen LogP contribution in [0, 0.1) is 6.92 Å². The van der Waals surface area contributed by atoms with E-state index in [1.54, 1.807) is 13.2 Å². The highest BCUT2D eigenvalue weighted by Crippen LogP contribution is 2.27. The Labute approximate surface area is 87.2 Å². The van der Waals surface area contributed by atoms with Gasteiger partial charge in [0.2, 0.25) is 0 Å². The van der Waals surface area contributed by atoms with Crippen molar-refractivity contribution in [2.75, 3.05) is 7.11 Å². The number of H-pyrrole nitrogens is 1. The maximum atomic E-state index is 11.3. The number of benzene rings is 1. The van der Waals surface area contributed by atoms with Gasteiger partial charge in [-0.25, -0.2) is 0 Å². The average Bonchev–Trinajstić information content (AvgIpc) is 2.59. The van der Waals surface area contributed by atoms with Crippen molar-refractivity contribution in [2.45, 2.75) is 13.8 Å². The van der Waals surface area contributed by atoms with Gasteiger partial charge >= 0.3 is 0 Å². The molecule has 2 rings (SSSR count). The van der Waals surface area contributed by atoms with Gasteiger partial charge in [-0.1, -0.05) is 0 Å². The quantitative estimate of drug-likeness (QED) is 0.762. The third kappa shape index (κ3) is 1.48. The first-order valence-electron chi connectivity index (χ1n) is 4.67. The number of ketones is 1. The zero-order chi connectivity index (χ0) is 11.0. The van der Waals surface area contributed by atoms with Crippen molar-refractivity contribution < 1.29 is 9.53 Å². The van der Waals surface area contributed by atoms with E-state index in [1.165, 1.54) is 6.92 Å². The summed E-state index contributed by atoms with van der Waals surface area (Å²) < 4.78 is 5.21. The van der Waals surface area contributed by atoms with Crippen LogP contribution in [0.3, 0.4) is 0 Å². The normalized spacial score (nSPS) is 10.6. The van der Waals surface area contributed by atoms with Gasteiger partial charge in [0.1, 0.15) is 11.3 Å².